The summed E-state index contributed by atoms with van der Waals surface area (Å²) in [6.07, 6.45) is 1.83. The molecule has 1 heterocycles. The Bertz CT molecular complexity index is 923. The summed E-state index contributed by atoms with van der Waals surface area (Å²) in [7, 11) is 1.62. The molecule has 0 saturated carbocycles. The van der Waals surface area contributed by atoms with Crippen molar-refractivity contribution in [2.45, 2.75) is 0 Å². The van der Waals surface area contributed by atoms with E-state index in [9.17, 15) is 5.26 Å². The highest BCUT2D eigenvalue weighted by Crippen LogP contribution is 2.28. The molecule has 3 rings (SSSR count). The van der Waals surface area contributed by atoms with Gasteiger partial charge >= 0.3 is 0 Å². The first-order valence-corrected chi connectivity index (χ1v) is 8.84. The number of allylic oxidation sites excluding steroid dienone is 1. The zero-order valence-electron chi connectivity index (χ0n) is 12.9. The number of ether oxygens (including phenoxy) is 1. The van der Waals surface area contributed by atoms with Gasteiger partial charge in [-0.3, -0.25) is 0 Å². The van der Waals surface area contributed by atoms with Crippen LogP contribution in [-0.2, 0) is 0 Å². The molecule has 3 nitrogen and oxygen atoms in total. The average molecular weight is 397 g/mol. The van der Waals surface area contributed by atoms with Crippen LogP contribution in [0.15, 0.2) is 58.4 Å². The molecular weight excluding hydrogens is 384 g/mol. The third-order valence-corrected chi connectivity index (χ3v) is 4.80. The first kappa shape index (κ1) is 16.4. The molecule has 2 aromatic carbocycles. The highest BCUT2D eigenvalue weighted by Gasteiger charge is 2.09. The van der Waals surface area contributed by atoms with Crippen molar-refractivity contribution in [1.82, 2.24) is 4.98 Å². The van der Waals surface area contributed by atoms with E-state index in [4.69, 9.17) is 4.74 Å². The van der Waals surface area contributed by atoms with Crippen LogP contribution in [-0.4, -0.2) is 12.1 Å². The number of rotatable bonds is 4. The van der Waals surface area contributed by atoms with Gasteiger partial charge in [0.05, 0.1) is 18.4 Å². The third kappa shape index (κ3) is 3.73. The maximum absolute atomic E-state index is 9.49. The molecule has 1 aromatic heterocycles. The van der Waals surface area contributed by atoms with Gasteiger partial charge in [0, 0.05) is 15.4 Å². The Hall–Kier alpha value is -2.42. The summed E-state index contributed by atoms with van der Waals surface area (Å²) in [5, 5.41) is 12.2. The van der Waals surface area contributed by atoms with Crippen molar-refractivity contribution in [1.29, 1.82) is 5.26 Å². The number of thiazole rings is 1. The highest BCUT2D eigenvalue weighted by atomic mass is 79.9. The Morgan fingerprint density at radius 2 is 2.04 bits per heavy atom. The lowest BCUT2D eigenvalue weighted by Crippen LogP contribution is -1.85. The predicted molar refractivity (Wildman–Crippen MR) is 102 cm³/mol. The Labute approximate surface area is 153 Å². The molecule has 0 atom stereocenters. The molecule has 5 heteroatoms. The summed E-state index contributed by atoms with van der Waals surface area (Å²) < 4.78 is 6.24. The van der Waals surface area contributed by atoms with Gasteiger partial charge < -0.3 is 4.74 Å². The molecule has 0 N–H and O–H groups in total. The number of benzene rings is 2. The lowest BCUT2D eigenvalue weighted by Gasteiger charge is -2.01. The number of methoxy groups -OCH3 is 1. The minimum Gasteiger partial charge on any atom is -0.497 e. The first-order chi connectivity index (χ1) is 11.7. The van der Waals surface area contributed by atoms with Crippen molar-refractivity contribution < 1.29 is 4.74 Å². The number of nitriles is 1. The van der Waals surface area contributed by atoms with Gasteiger partial charge in [-0.15, -0.1) is 11.3 Å². The maximum atomic E-state index is 9.49. The molecule has 0 aliphatic rings. The van der Waals surface area contributed by atoms with Crippen molar-refractivity contribution in [3.05, 3.63) is 69.0 Å². The molecule has 0 saturated heterocycles. The average Bonchev–Trinajstić information content (AvgIpc) is 3.10. The van der Waals surface area contributed by atoms with Gasteiger partial charge in [-0.1, -0.05) is 40.2 Å². The monoisotopic (exact) mass is 396 g/mol. The van der Waals surface area contributed by atoms with E-state index in [-0.39, 0.29) is 0 Å². The van der Waals surface area contributed by atoms with Crippen molar-refractivity contribution in [2.75, 3.05) is 7.11 Å². The fourth-order valence-electron chi connectivity index (χ4n) is 2.19. The summed E-state index contributed by atoms with van der Waals surface area (Å²) in [4.78, 5) is 4.60. The van der Waals surface area contributed by atoms with E-state index < -0.39 is 0 Å². The van der Waals surface area contributed by atoms with Gasteiger partial charge in [-0.2, -0.15) is 5.26 Å². The minimum atomic E-state index is 0.539. The minimum absolute atomic E-state index is 0.539. The summed E-state index contributed by atoms with van der Waals surface area (Å²) in [5.41, 5.74) is 3.34. The van der Waals surface area contributed by atoms with Crippen LogP contribution in [0.2, 0.25) is 0 Å². The molecule has 0 unspecified atom stereocenters. The Balaban J connectivity index is 1.93. The molecule has 0 radical (unpaired) electrons. The SMILES string of the molecule is COc1cccc(/C=C(\C#N)c2nc(-c3ccc(Br)cc3)cs2)c1. The number of halogens is 1. The van der Waals surface area contributed by atoms with Crippen LogP contribution in [0.3, 0.4) is 0 Å². The number of hydrogen-bond donors (Lipinski definition) is 0. The molecule has 0 fully saturated rings. The zero-order valence-corrected chi connectivity index (χ0v) is 15.3. The molecule has 0 amide bonds. The number of nitrogens with zero attached hydrogens (tertiary/aromatic N) is 2. The van der Waals surface area contributed by atoms with Crippen LogP contribution < -0.4 is 4.74 Å². The Morgan fingerprint density at radius 1 is 1.25 bits per heavy atom. The summed E-state index contributed by atoms with van der Waals surface area (Å²) >= 11 is 4.89. The topological polar surface area (TPSA) is 45.9 Å². The van der Waals surface area contributed by atoms with Crippen molar-refractivity contribution in [3.8, 4) is 23.1 Å². The van der Waals surface area contributed by atoms with Gasteiger partial charge in [0.2, 0.25) is 0 Å². The molecule has 24 heavy (non-hydrogen) atoms. The van der Waals surface area contributed by atoms with Crippen LogP contribution in [0.4, 0.5) is 0 Å². The quantitative estimate of drug-likeness (QED) is 0.535. The summed E-state index contributed by atoms with van der Waals surface area (Å²) in [6, 6.07) is 17.8. The van der Waals surface area contributed by atoms with Gasteiger partial charge in [0.1, 0.15) is 16.8 Å². The molecule has 3 aromatic rings. The lowest BCUT2D eigenvalue weighted by molar-refractivity contribution is 0.414. The largest absolute Gasteiger partial charge is 0.497 e. The fourth-order valence-corrected chi connectivity index (χ4v) is 3.25. The molecule has 0 aliphatic carbocycles. The van der Waals surface area contributed by atoms with Crippen molar-refractivity contribution in [3.63, 3.8) is 0 Å². The van der Waals surface area contributed by atoms with Crippen LogP contribution in [0.1, 0.15) is 10.6 Å². The Morgan fingerprint density at radius 3 is 2.75 bits per heavy atom. The highest BCUT2D eigenvalue weighted by molar-refractivity contribution is 9.10. The first-order valence-electron chi connectivity index (χ1n) is 7.17. The second-order valence-electron chi connectivity index (χ2n) is 4.99. The van der Waals surface area contributed by atoms with Gasteiger partial charge in [-0.25, -0.2) is 4.98 Å². The van der Waals surface area contributed by atoms with E-state index in [0.717, 1.165) is 27.0 Å². The van der Waals surface area contributed by atoms with E-state index in [0.29, 0.717) is 10.6 Å². The molecule has 0 aliphatic heterocycles. The van der Waals surface area contributed by atoms with E-state index in [1.54, 1.807) is 7.11 Å². The smallest absolute Gasteiger partial charge is 0.134 e. The van der Waals surface area contributed by atoms with Gasteiger partial charge in [-0.05, 0) is 35.9 Å². The van der Waals surface area contributed by atoms with E-state index >= 15 is 0 Å². The normalized spacial score (nSPS) is 11.1. The summed E-state index contributed by atoms with van der Waals surface area (Å²) in [6.45, 7) is 0. The molecule has 0 spiro atoms. The van der Waals surface area contributed by atoms with E-state index in [1.165, 1.54) is 11.3 Å². The van der Waals surface area contributed by atoms with Crippen LogP contribution >= 0.6 is 27.3 Å². The standard InChI is InChI=1S/C19H13BrN2OS/c1-23-17-4-2-3-13(10-17)9-15(11-21)19-22-18(12-24-19)14-5-7-16(20)8-6-14/h2-10,12H,1H3/b15-9+. The lowest BCUT2D eigenvalue weighted by atomic mass is 10.1. The second kappa shape index (κ2) is 7.43. The third-order valence-electron chi connectivity index (χ3n) is 3.40. The molecular formula is C19H13BrN2OS. The number of aromatic nitrogens is 1. The van der Waals surface area contributed by atoms with E-state index in [1.807, 2.05) is 60.0 Å². The van der Waals surface area contributed by atoms with Gasteiger partial charge in [0.25, 0.3) is 0 Å². The zero-order chi connectivity index (χ0) is 16.9. The van der Waals surface area contributed by atoms with E-state index in [2.05, 4.69) is 27.0 Å². The summed E-state index contributed by atoms with van der Waals surface area (Å²) in [5.74, 6) is 0.760. The Kier molecular flexibility index (Phi) is 5.09. The fraction of sp³-hybridized carbons (Fsp3) is 0.0526. The number of hydrogen-bond acceptors (Lipinski definition) is 4. The second-order valence-corrected chi connectivity index (χ2v) is 6.77. The van der Waals surface area contributed by atoms with Crippen molar-refractivity contribution >= 4 is 38.9 Å². The predicted octanol–water partition coefficient (Wildman–Crippen LogP) is 5.65. The maximum Gasteiger partial charge on any atom is 0.134 e. The molecule has 0 bridgehead atoms. The molecule has 118 valence electrons. The van der Waals surface area contributed by atoms with Gasteiger partial charge in [0.15, 0.2) is 0 Å². The van der Waals surface area contributed by atoms with Crippen LogP contribution in [0.25, 0.3) is 22.9 Å². The van der Waals surface area contributed by atoms with Crippen LogP contribution in [0, 0.1) is 11.3 Å². The van der Waals surface area contributed by atoms with Crippen LogP contribution in [0.5, 0.6) is 5.75 Å². The van der Waals surface area contributed by atoms with Crippen molar-refractivity contribution in [2.24, 2.45) is 0 Å².